The van der Waals surface area contributed by atoms with E-state index in [9.17, 15) is 13.6 Å². The summed E-state index contributed by atoms with van der Waals surface area (Å²) in [5, 5.41) is 10.1. The van der Waals surface area contributed by atoms with Gasteiger partial charge in [0.25, 0.3) is 12.0 Å². The van der Waals surface area contributed by atoms with Gasteiger partial charge in [0.1, 0.15) is 17.5 Å². The highest BCUT2D eigenvalue weighted by molar-refractivity contribution is 5.98. The predicted molar refractivity (Wildman–Crippen MR) is 142 cm³/mol. The van der Waals surface area contributed by atoms with Crippen LogP contribution in [-0.2, 0) is 22.6 Å². The van der Waals surface area contributed by atoms with Crippen molar-refractivity contribution in [2.75, 3.05) is 43.2 Å². The molecular formula is C27H28F3N7O3. The maximum absolute atomic E-state index is 15.0. The fourth-order valence-corrected chi connectivity index (χ4v) is 5.26. The third-order valence-electron chi connectivity index (χ3n) is 7.28. The van der Waals surface area contributed by atoms with Gasteiger partial charge < -0.3 is 19.8 Å². The number of hydrogen-bond donors (Lipinski definition) is 1. The molecule has 1 aromatic carbocycles. The van der Waals surface area contributed by atoms with E-state index in [4.69, 9.17) is 9.47 Å². The second-order valence-electron chi connectivity index (χ2n) is 9.80. The zero-order valence-electron chi connectivity index (χ0n) is 22.0. The summed E-state index contributed by atoms with van der Waals surface area (Å²) >= 11 is 0. The largest absolute Gasteiger partial charge is 0.378 e. The van der Waals surface area contributed by atoms with Crippen LogP contribution in [0.2, 0.25) is 0 Å². The van der Waals surface area contributed by atoms with Crippen LogP contribution in [0.3, 0.4) is 0 Å². The first kappa shape index (κ1) is 26.3. The molecule has 3 aromatic heterocycles. The van der Waals surface area contributed by atoms with Crippen LogP contribution in [0.15, 0.2) is 35.4 Å². The topological polar surface area (TPSA) is 99.3 Å². The van der Waals surface area contributed by atoms with Crippen molar-refractivity contribution in [3.8, 4) is 11.1 Å². The van der Waals surface area contributed by atoms with Crippen LogP contribution in [0.1, 0.15) is 42.0 Å². The Hall–Kier alpha value is -3.97. The maximum Gasteiger partial charge on any atom is 0.279 e. The van der Waals surface area contributed by atoms with E-state index in [1.54, 1.807) is 30.9 Å². The van der Waals surface area contributed by atoms with Crippen LogP contribution in [0, 0.1) is 12.7 Å². The Balaban J connectivity index is 1.54. The molecule has 0 saturated carbocycles. The van der Waals surface area contributed by atoms with Crippen molar-refractivity contribution in [2.24, 2.45) is 0 Å². The number of alkyl halides is 2. The molecule has 5 heterocycles. The molecule has 1 atom stereocenters. The quantitative estimate of drug-likeness (QED) is 0.385. The molecule has 1 saturated heterocycles. The molecule has 1 N–H and O–H groups in total. The zero-order chi connectivity index (χ0) is 28.0. The molecular weight excluding hydrogens is 527 g/mol. The van der Waals surface area contributed by atoms with Crippen molar-refractivity contribution in [2.45, 2.75) is 39.5 Å². The van der Waals surface area contributed by atoms with Gasteiger partial charge in [0.2, 0.25) is 0 Å². The number of halogens is 3. The lowest BCUT2D eigenvalue weighted by Crippen LogP contribution is -2.49. The fourth-order valence-electron chi connectivity index (χ4n) is 5.26. The summed E-state index contributed by atoms with van der Waals surface area (Å²) in [6, 6.07) is 3.22. The van der Waals surface area contributed by atoms with Crippen molar-refractivity contribution in [3.63, 3.8) is 0 Å². The summed E-state index contributed by atoms with van der Waals surface area (Å²) < 4.78 is 56.3. The number of hydrogen-bond acceptors (Lipinski definition) is 8. The zero-order valence-corrected chi connectivity index (χ0v) is 22.0. The van der Waals surface area contributed by atoms with Crippen LogP contribution < -0.4 is 15.9 Å². The summed E-state index contributed by atoms with van der Waals surface area (Å²) in [5.41, 5.74) is 1.28. The van der Waals surface area contributed by atoms with Gasteiger partial charge in [0.05, 0.1) is 86.0 Å². The average molecular weight is 556 g/mol. The van der Waals surface area contributed by atoms with Gasteiger partial charge in [0.15, 0.2) is 0 Å². The number of pyridine rings is 1. The van der Waals surface area contributed by atoms with E-state index < -0.39 is 23.8 Å². The van der Waals surface area contributed by atoms with Gasteiger partial charge in [-0.3, -0.25) is 9.48 Å². The molecule has 2 aliphatic rings. The predicted octanol–water partition coefficient (Wildman–Crippen LogP) is 3.71. The molecule has 10 nitrogen and oxygen atoms in total. The van der Waals surface area contributed by atoms with E-state index in [-0.39, 0.29) is 11.1 Å². The van der Waals surface area contributed by atoms with Crippen molar-refractivity contribution < 1.29 is 22.6 Å². The van der Waals surface area contributed by atoms with Crippen LogP contribution >= 0.6 is 0 Å². The van der Waals surface area contributed by atoms with E-state index in [1.165, 1.54) is 12.1 Å². The molecule has 40 heavy (non-hydrogen) atoms. The lowest BCUT2D eigenvalue weighted by Gasteiger charge is -2.31. The summed E-state index contributed by atoms with van der Waals surface area (Å²) in [5.74, 6) is -0.242. The first-order valence-corrected chi connectivity index (χ1v) is 13.1. The number of aryl methyl sites for hydroxylation is 1. The van der Waals surface area contributed by atoms with Gasteiger partial charge in [-0.25, -0.2) is 27.8 Å². The molecule has 0 aliphatic carbocycles. The Morgan fingerprint density at radius 3 is 2.58 bits per heavy atom. The van der Waals surface area contributed by atoms with Gasteiger partial charge >= 0.3 is 0 Å². The number of nitrogens with one attached hydrogen (secondary N) is 1. The Labute approximate surface area is 227 Å². The number of rotatable bonds is 6. The Kier molecular flexibility index (Phi) is 6.92. The van der Waals surface area contributed by atoms with Gasteiger partial charge in [0, 0.05) is 17.3 Å². The Morgan fingerprint density at radius 2 is 1.80 bits per heavy atom. The summed E-state index contributed by atoms with van der Waals surface area (Å²) in [4.78, 5) is 23.3. The second kappa shape index (κ2) is 10.5. The van der Waals surface area contributed by atoms with Crippen LogP contribution in [0.25, 0.3) is 22.0 Å². The van der Waals surface area contributed by atoms with Gasteiger partial charge in [-0.05, 0) is 13.8 Å². The summed E-state index contributed by atoms with van der Waals surface area (Å²) in [6.07, 6.45) is 0.382. The molecule has 0 bridgehead atoms. The smallest absolute Gasteiger partial charge is 0.279 e. The second-order valence-corrected chi connectivity index (χ2v) is 9.80. The minimum atomic E-state index is -2.94. The van der Waals surface area contributed by atoms with Crippen molar-refractivity contribution >= 4 is 16.7 Å². The number of anilines is 1. The normalized spacial score (nSPS) is 16.4. The lowest BCUT2D eigenvalue weighted by atomic mass is 10.0. The molecule has 0 radical (unpaired) electrons. The average Bonchev–Trinajstić information content (AvgIpc) is 3.37. The highest BCUT2D eigenvalue weighted by atomic mass is 19.3. The van der Waals surface area contributed by atoms with E-state index in [1.807, 2.05) is 9.69 Å². The third kappa shape index (κ3) is 4.58. The molecule has 0 spiro atoms. The first-order chi connectivity index (χ1) is 19.3. The molecule has 2 aliphatic heterocycles. The number of nitrogens with zero attached hydrogens (tertiary/aromatic N) is 6. The number of morpholine rings is 1. The highest BCUT2D eigenvalue weighted by Gasteiger charge is 2.27. The summed E-state index contributed by atoms with van der Waals surface area (Å²) in [7, 11) is 0. The summed E-state index contributed by atoms with van der Waals surface area (Å²) in [6.45, 7) is 6.68. The number of ether oxygens (including phenoxy) is 2. The lowest BCUT2D eigenvalue weighted by molar-refractivity contribution is 0.0804. The van der Waals surface area contributed by atoms with Gasteiger partial charge in [-0.1, -0.05) is 18.2 Å². The molecule has 0 unspecified atom stereocenters. The molecule has 1 fully saturated rings. The van der Waals surface area contributed by atoms with Crippen LogP contribution in [0.4, 0.5) is 19.0 Å². The minimum absolute atomic E-state index is 0.0757. The van der Waals surface area contributed by atoms with E-state index >= 15 is 4.39 Å². The van der Waals surface area contributed by atoms with Gasteiger partial charge in [-0.2, -0.15) is 5.10 Å². The molecule has 0 amide bonds. The van der Waals surface area contributed by atoms with Crippen molar-refractivity contribution in [1.29, 1.82) is 0 Å². The standard InChI is InChI=1S/C27H28F3N7O3/c1-15(17-4-3-5-18(23(17)28)25(29)30)32-26-20-13-37(35-6-9-39-10-7-35)27(38)22(24(20)33-16(2)34-26)19-12-31-36-8-11-40-14-21(19)36/h3-5,12-13,15,25H,6-11,14H2,1-2H3,(H,32,33,34)/t15-/m1/s1. The number of aromatic nitrogens is 5. The van der Waals surface area contributed by atoms with Crippen LogP contribution in [0.5, 0.6) is 0 Å². The van der Waals surface area contributed by atoms with Crippen molar-refractivity contribution in [1.82, 2.24) is 24.4 Å². The third-order valence-corrected chi connectivity index (χ3v) is 7.28. The highest BCUT2D eigenvalue weighted by Crippen LogP contribution is 2.34. The van der Waals surface area contributed by atoms with Crippen molar-refractivity contribution in [3.05, 3.63) is 69.4 Å². The SMILES string of the molecule is Cc1nc(N[C@H](C)c2cccc(C(F)F)c2F)c2cn(N3CCOCC3)c(=O)c(-c3cnn4c3COCC4)c2n1. The number of fused-ring (bicyclic) bond motifs is 2. The number of benzene rings is 1. The maximum atomic E-state index is 15.0. The Bertz CT molecular complexity index is 1630. The molecule has 4 aromatic rings. The molecule has 6 rings (SSSR count). The first-order valence-electron chi connectivity index (χ1n) is 13.1. The monoisotopic (exact) mass is 555 g/mol. The molecule has 210 valence electrons. The van der Waals surface area contributed by atoms with E-state index in [0.29, 0.717) is 79.7 Å². The minimum Gasteiger partial charge on any atom is -0.378 e. The van der Waals surface area contributed by atoms with Gasteiger partial charge in [-0.15, -0.1) is 0 Å². The molecule has 13 heteroatoms. The Morgan fingerprint density at radius 1 is 1.05 bits per heavy atom. The van der Waals surface area contributed by atoms with Crippen LogP contribution in [-0.4, -0.2) is 57.3 Å². The van der Waals surface area contributed by atoms with E-state index in [0.717, 1.165) is 11.8 Å². The van der Waals surface area contributed by atoms with E-state index in [2.05, 4.69) is 20.4 Å². The fraction of sp³-hybridized carbons (Fsp3) is 0.407.